The van der Waals surface area contributed by atoms with E-state index in [1.165, 1.54) is 18.3 Å². The van der Waals surface area contributed by atoms with Crippen molar-refractivity contribution >= 4 is 50.1 Å². The highest BCUT2D eigenvalue weighted by molar-refractivity contribution is 7.89. The summed E-state index contributed by atoms with van der Waals surface area (Å²) in [4.78, 5) is 20.8. The monoisotopic (exact) mass is 452 g/mol. The number of hydrogen-bond acceptors (Lipinski definition) is 5. The van der Waals surface area contributed by atoms with Gasteiger partial charge in [0.2, 0.25) is 15.9 Å². The number of fused-ring (bicyclic) bond motifs is 1. The third kappa shape index (κ3) is 4.50. The van der Waals surface area contributed by atoms with Gasteiger partial charge in [-0.1, -0.05) is 37.4 Å². The van der Waals surface area contributed by atoms with Gasteiger partial charge >= 0.3 is 0 Å². The second kappa shape index (κ2) is 8.75. The fourth-order valence-corrected chi connectivity index (χ4v) is 5.29. The summed E-state index contributed by atoms with van der Waals surface area (Å²) in [5, 5.41) is 4.10. The highest BCUT2D eigenvalue weighted by Crippen LogP contribution is 2.34. The summed E-state index contributed by atoms with van der Waals surface area (Å²) in [6, 6.07) is 4.41. The van der Waals surface area contributed by atoms with E-state index in [4.69, 9.17) is 23.1 Å². The Labute approximate surface area is 180 Å². The highest BCUT2D eigenvalue weighted by Gasteiger charge is 2.44. The maximum atomic E-state index is 13.2. The van der Waals surface area contributed by atoms with Crippen molar-refractivity contribution < 1.29 is 13.2 Å². The number of nitrogens with two attached hydrogens (primary N) is 2. The van der Waals surface area contributed by atoms with Crippen LogP contribution >= 0.6 is 11.6 Å². The third-order valence-corrected chi connectivity index (χ3v) is 6.93. The SMILES string of the molecule is CCCNC(=O)C1(NS(=O)(=O)c2ccc3c(Cl)cnc(N=C(N)N)c3c2)CCCC1. The lowest BCUT2D eigenvalue weighted by molar-refractivity contribution is -0.126. The van der Waals surface area contributed by atoms with Crippen molar-refractivity contribution in [1.29, 1.82) is 0 Å². The molecule has 162 valence electrons. The van der Waals surface area contributed by atoms with Gasteiger partial charge in [-0.25, -0.2) is 13.4 Å². The van der Waals surface area contributed by atoms with Crippen LogP contribution in [0, 0.1) is 0 Å². The standard InChI is InChI=1S/C19H25ClN6O3S/c1-2-9-23-17(27)19(7-3-4-8-19)26-30(28,29)12-5-6-13-14(10-12)16(25-18(21)22)24-11-15(13)20/h5-6,10-11,26H,2-4,7-9H2,1H3,(H,23,27)(H4,21,22,24,25). The largest absolute Gasteiger partial charge is 0.370 e. The Balaban J connectivity index is 2.03. The first-order valence-corrected chi connectivity index (χ1v) is 11.5. The molecule has 11 heteroatoms. The minimum absolute atomic E-state index is 0.0272. The molecule has 0 unspecified atom stereocenters. The van der Waals surface area contributed by atoms with E-state index in [9.17, 15) is 13.2 Å². The minimum atomic E-state index is -4.01. The molecule has 6 N–H and O–H groups in total. The molecule has 2 aromatic rings. The van der Waals surface area contributed by atoms with Crippen molar-refractivity contribution in [2.75, 3.05) is 6.54 Å². The Morgan fingerprint density at radius 2 is 1.97 bits per heavy atom. The van der Waals surface area contributed by atoms with Crippen molar-refractivity contribution in [2.45, 2.75) is 49.5 Å². The van der Waals surface area contributed by atoms with Gasteiger partial charge in [-0.3, -0.25) is 4.79 Å². The van der Waals surface area contributed by atoms with Crippen LogP contribution in [0.25, 0.3) is 10.8 Å². The van der Waals surface area contributed by atoms with Gasteiger partial charge in [0, 0.05) is 23.5 Å². The van der Waals surface area contributed by atoms with Crippen LogP contribution < -0.4 is 21.5 Å². The summed E-state index contributed by atoms with van der Waals surface area (Å²) in [6.07, 6.45) is 4.59. The molecule has 1 aliphatic carbocycles. The Morgan fingerprint density at radius 3 is 2.60 bits per heavy atom. The van der Waals surface area contributed by atoms with Gasteiger partial charge in [-0.2, -0.15) is 9.71 Å². The van der Waals surface area contributed by atoms with Gasteiger partial charge in [0.15, 0.2) is 11.8 Å². The van der Waals surface area contributed by atoms with Gasteiger partial charge < -0.3 is 16.8 Å². The summed E-state index contributed by atoms with van der Waals surface area (Å²) >= 11 is 6.19. The minimum Gasteiger partial charge on any atom is -0.370 e. The zero-order chi connectivity index (χ0) is 21.9. The number of nitrogens with zero attached hydrogens (tertiary/aromatic N) is 2. The highest BCUT2D eigenvalue weighted by atomic mass is 35.5. The Kier molecular flexibility index (Phi) is 6.49. The quantitative estimate of drug-likeness (QED) is 0.371. The maximum Gasteiger partial charge on any atom is 0.241 e. The van der Waals surface area contributed by atoms with Crippen LogP contribution in [0.15, 0.2) is 34.3 Å². The summed E-state index contributed by atoms with van der Waals surface area (Å²) in [5.41, 5.74) is 9.76. The molecule has 0 spiro atoms. The molecule has 1 amide bonds. The van der Waals surface area contributed by atoms with E-state index in [1.807, 2.05) is 6.92 Å². The van der Waals surface area contributed by atoms with E-state index in [0.717, 1.165) is 19.3 Å². The number of rotatable bonds is 7. The smallest absolute Gasteiger partial charge is 0.241 e. The molecular formula is C19H25ClN6O3S. The first kappa shape index (κ1) is 22.3. The molecule has 1 fully saturated rings. The van der Waals surface area contributed by atoms with Crippen LogP contribution in [0.3, 0.4) is 0 Å². The number of sulfonamides is 1. The van der Waals surface area contributed by atoms with Crippen molar-refractivity contribution in [3.63, 3.8) is 0 Å². The van der Waals surface area contributed by atoms with Gasteiger partial charge in [0.25, 0.3) is 0 Å². The lowest BCUT2D eigenvalue weighted by Crippen LogP contribution is -2.57. The first-order chi connectivity index (χ1) is 14.2. The van der Waals surface area contributed by atoms with Crippen LogP contribution in [0.5, 0.6) is 0 Å². The molecule has 1 aromatic heterocycles. The average Bonchev–Trinajstić information content (AvgIpc) is 3.16. The summed E-state index contributed by atoms with van der Waals surface area (Å²) < 4.78 is 29.1. The zero-order valence-corrected chi connectivity index (χ0v) is 18.2. The number of pyridine rings is 1. The van der Waals surface area contributed by atoms with Crippen LogP contribution in [-0.2, 0) is 14.8 Å². The lowest BCUT2D eigenvalue weighted by atomic mass is 9.98. The number of aromatic nitrogens is 1. The third-order valence-electron chi connectivity index (χ3n) is 5.09. The van der Waals surface area contributed by atoms with E-state index >= 15 is 0 Å². The second-order valence-electron chi connectivity index (χ2n) is 7.32. The molecule has 1 aromatic carbocycles. The molecule has 9 nitrogen and oxygen atoms in total. The first-order valence-electron chi connectivity index (χ1n) is 9.69. The Morgan fingerprint density at radius 1 is 1.27 bits per heavy atom. The number of aliphatic imine (C=N–C) groups is 1. The molecule has 30 heavy (non-hydrogen) atoms. The second-order valence-corrected chi connectivity index (χ2v) is 9.41. The molecule has 0 aliphatic heterocycles. The number of carbonyl (C=O) groups excluding carboxylic acids is 1. The Hall–Kier alpha value is -2.43. The summed E-state index contributed by atoms with van der Waals surface area (Å²) in [5.74, 6) is -0.352. The van der Waals surface area contributed by atoms with Gasteiger partial charge in [0.1, 0.15) is 5.54 Å². The van der Waals surface area contributed by atoms with Crippen molar-refractivity contribution in [3.05, 3.63) is 29.4 Å². The molecule has 3 rings (SSSR count). The molecule has 1 heterocycles. The van der Waals surface area contributed by atoms with Gasteiger partial charge in [0.05, 0.1) is 9.92 Å². The van der Waals surface area contributed by atoms with E-state index in [-0.39, 0.29) is 22.6 Å². The number of hydrogen-bond donors (Lipinski definition) is 4. The molecule has 0 radical (unpaired) electrons. The normalized spacial score (nSPS) is 15.8. The van der Waals surface area contributed by atoms with Crippen LogP contribution in [-0.4, -0.2) is 37.4 Å². The number of halogens is 1. The number of nitrogens with one attached hydrogen (secondary N) is 2. The van der Waals surface area contributed by atoms with Crippen LogP contribution in [0.2, 0.25) is 5.02 Å². The molecule has 0 atom stereocenters. The van der Waals surface area contributed by atoms with Crippen LogP contribution in [0.1, 0.15) is 39.0 Å². The zero-order valence-electron chi connectivity index (χ0n) is 16.6. The van der Waals surface area contributed by atoms with Crippen molar-refractivity contribution in [3.8, 4) is 0 Å². The summed E-state index contributed by atoms with van der Waals surface area (Å²) in [6.45, 7) is 2.43. The topological polar surface area (TPSA) is 153 Å². The molecule has 0 bridgehead atoms. The van der Waals surface area contributed by atoms with E-state index in [1.54, 1.807) is 6.07 Å². The number of amides is 1. The fraction of sp³-hybridized carbons (Fsp3) is 0.421. The predicted octanol–water partition coefficient (Wildman–Crippen LogP) is 1.91. The number of carbonyl (C=O) groups is 1. The van der Waals surface area contributed by atoms with Gasteiger partial charge in [-0.05, 0) is 31.4 Å². The van der Waals surface area contributed by atoms with Crippen LogP contribution in [0.4, 0.5) is 5.82 Å². The fourth-order valence-electron chi connectivity index (χ4n) is 3.63. The van der Waals surface area contributed by atoms with E-state index in [2.05, 4.69) is 20.0 Å². The lowest BCUT2D eigenvalue weighted by Gasteiger charge is -2.28. The van der Waals surface area contributed by atoms with Crippen molar-refractivity contribution in [2.24, 2.45) is 16.5 Å². The van der Waals surface area contributed by atoms with Crippen molar-refractivity contribution in [1.82, 2.24) is 15.0 Å². The van der Waals surface area contributed by atoms with E-state index < -0.39 is 15.6 Å². The maximum absolute atomic E-state index is 13.2. The average molecular weight is 453 g/mol. The molecule has 1 saturated carbocycles. The van der Waals surface area contributed by atoms with Gasteiger partial charge in [-0.15, -0.1) is 0 Å². The molecule has 1 aliphatic rings. The number of benzene rings is 1. The Bertz CT molecular complexity index is 1090. The number of guanidine groups is 1. The molecule has 0 saturated heterocycles. The summed E-state index contributed by atoms with van der Waals surface area (Å²) in [7, 11) is -4.01. The predicted molar refractivity (Wildman–Crippen MR) is 117 cm³/mol. The van der Waals surface area contributed by atoms with E-state index in [0.29, 0.717) is 35.2 Å². The molecular weight excluding hydrogens is 428 g/mol.